The van der Waals surface area contributed by atoms with Crippen LogP contribution in [0.15, 0.2) is 84.0 Å². The molecule has 1 aliphatic heterocycles. The van der Waals surface area contributed by atoms with E-state index in [2.05, 4.69) is 39.2 Å². The van der Waals surface area contributed by atoms with E-state index in [9.17, 15) is 0 Å². The Morgan fingerprint density at radius 1 is 0.875 bits per heavy atom. The highest BCUT2D eigenvalue weighted by molar-refractivity contribution is 6.30. The summed E-state index contributed by atoms with van der Waals surface area (Å²) in [5, 5.41) is 5.24. The normalized spacial score (nSPS) is 14.9. The summed E-state index contributed by atoms with van der Waals surface area (Å²) in [6, 6.07) is 26.2. The highest BCUT2D eigenvalue weighted by Gasteiger charge is 2.19. The first-order valence-corrected chi connectivity index (χ1v) is 11.2. The van der Waals surface area contributed by atoms with Crippen molar-refractivity contribution in [1.29, 1.82) is 0 Å². The molecule has 6 heteroatoms. The van der Waals surface area contributed by atoms with Crippen molar-refractivity contribution in [3.8, 4) is 5.75 Å². The van der Waals surface area contributed by atoms with Gasteiger partial charge in [0.05, 0.1) is 7.11 Å². The molecule has 1 aliphatic rings. The van der Waals surface area contributed by atoms with Crippen LogP contribution in [-0.4, -0.2) is 50.4 Å². The number of ether oxygens (including phenoxy) is 1. The Hall–Kier alpha value is -3.02. The smallest absolute Gasteiger partial charge is 0.142 e. The third-order valence-corrected chi connectivity index (χ3v) is 5.86. The first kappa shape index (κ1) is 22.2. The van der Waals surface area contributed by atoms with Crippen LogP contribution in [0.5, 0.6) is 5.75 Å². The molecule has 4 rings (SSSR count). The Bertz CT molecular complexity index is 1000. The van der Waals surface area contributed by atoms with Crippen LogP contribution in [-0.2, 0) is 11.4 Å². The summed E-state index contributed by atoms with van der Waals surface area (Å²) in [4.78, 5) is 10.6. The van der Waals surface area contributed by atoms with Gasteiger partial charge in [-0.25, -0.2) is 0 Å². The third kappa shape index (κ3) is 6.02. The monoisotopic (exact) mass is 449 g/mol. The Labute approximate surface area is 194 Å². The van der Waals surface area contributed by atoms with Gasteiger partial charge in [-0.2, -0.15) is 0 Å². The molecule has 0 amide bonds. The molecule has 1 fully saturated rings. The number of methoxy groups -OCH3 is 1. The Morgan fingerprint density at radius 3 is 2.22 bits per heavy atom. The van der Waals surface area contributed by atoms with Crippen molar-refractivity contribution in [2.24, 2.45) is 5.16 Å². The molecule has 0 atom stereocenters. The second-order valence-corrected chi connectivity index (χ2v) is 8.20. The Kier molecular flexibility index (Phi) is 7.64. The molecule has 0 saturated carbocycles. The van der Waals surface area contributed by atoms with E-state index in [4.69, 9.17) is 21.2 Å². The van der Waals surface area contributed by atoms with Gasteiger partial charge >= 0.3 is 0 Å². The van der Waals surface area contributed by atoms with E-state index >= 15 is 0 Å². The molecule has 0 aromatic heterocycles. The first-order chi connectivity index (χ1) is 15.7. The Morgan fingerprint density at radius 2 is 1.56 bits per heavy atom. The quantitative estimate of drug-likeness (QED) is 0.354. The summed E-state index contributed by atoms with van der Waals surface area (Å²) in [6.07, 6.45) is 0. The average Bonchev–Trinajstić information content (AvgIpc) is 2.86. The van der Waals surface area contributed by atoms with Gasteiger partial charge in [0.1, 0.15) is 18.1 Å². The second kappa shape index (κ2) is 11.0. The molecule has 32 heavy (non-hydrogen) atoms. The third-order valence-electron chi connectivity index (χ3n) is 5.61. The van der Waals surface area contributed by atoms with E-state index in [0.717, 1.165) is 60.3 Å². The van der Waals surface area contributed by atoms with Crippen LogP contribution in [0.3, 0.4) is 0 Å². The zero-order valence-electron chi connectivity index (χ0n) is 18.3. The fraction of sp³-hybridized carbons (Fsp3) is 0.269. The summed E-state index contributed by atoms with van der Waals surface area (Å²) >= 11 is 5.96. The molecule has 5 nitrogen and oxygen atoms in total. The number of rotatable bonds is 8. The number of anilines is 1. The standard InChI is InChI=1S/C26H28ClN3O2/c1-31-25-13-11-24(12-14-25)30-17-15-29(16-18-30)19-26(22-5-3-2-4-6-22)28-32-20-21-7-9-23(27)10-8-21/h2-14H,15-20H2,1H3. The van der Waals surface area contributed by atoms with Crippen LogP contribution in [0.1, 0.15) is 11.1 Å². The average molecular weight is 450 g/mol. The summed E-state index contributed by atoms with van der Waals surface area (Å²) in [6.45, 7) is 5.05. The van der Waals surface area contributed by atoms with Gasteiger partial charge < -0.3 is 14.5 Å². The maximum absolute atomic E-state index is 5.96. The number of halogens is 1. The fourth-order valence-electron chi connectivity index (χ4n) is 3.74. The molecule has 0 radical (unpaired) electrons. The lowest BCUT2D eigenvalue weighted by Crippen LogP contribution is -2.48. The minimum absolute atomic E-state index is 0.415. The van der Waals surface area contributed by atoms with Gasteiger partial charge in [-0.05, 0) is 42.0 Å². The van der Waals surface area contributed by atoms with Gasteiger partial charge in [0.25, 0.3) is 0 Å². The number of nitrogens with zero attached hydrogens (tertiary/aromatic N) is 3. The van der Waals surface area contributed by atoms with Gasteiger partial charge in [0.2, 0.25) is 0 Å². The van der Waals surface area contributed by atoms with Crippen LogP contribution in [0.2, 0.25) is 5.02 Å². The number of hydrogen-bond acceptors (Lipinski definition) is 5. The largest absolute Gasteiger partial charge is 0.497 e. The van der Waals surface area contributed by atoms with Gasteiger partial charge in [-0.15, -0.1) is 0 Å². The Balaban J connectivity index is 1.37. The molecule has 0 unspecified atom stereocenters. The van der Waals surface area contributed by atoms with E-state index in [1.807, 2.05) is 54.6 Å². The molecule has 1 heterocycles. The van der Waals surface area contributed by atoms with Crippen molar-refractivity contribution in [1.82, 2.24) is 4.90 Å². The number of oxime groups is 1. The maximum atomic E-state index is 5.96. The number of piperazine rings is 1. The lowest BCUT2D eigenvalue weighted by Gasteiger charge is -2.36. The lowest BCUT2D eigenvalue weighted by atomic mass is 10.1. The molecule has 3 aromatic carbocycles. The molecule has 3 aromatic rings. The molecular formula is C26H28ClN3O2. The van der Waals surface area contributed by atoms with Gasteiger partial charge in [-0.1, -0.05) is 59.2 Å². The molecular weight excluding hydrogens is 422 g/mol. The van der Waals surface area contributed by atoms with Crippen molar-refractivity contribution in [2.45, 2.75) is 6.61 Å². The minimum atomic E-state index is 0.415. The summed E-state index contributed by atoms with van der Waals surface area (Å²) in [5.41, 5.74) is 4.30. The summed E-state index contributed by atoms with van der Waals surface area (Å²) < 4.78 is 5.27. The lowest BCUT2D eigenvalue weighted by molar-refractivity contribution is 0.129. The molecule has 0 spiro atoms. The molecule has 166 valence electrons. The van der Waals surface area contributed by atoms with E-state index in [0.29, 0.717) is 6.61 Å². The minimum Gasteiger partial charge on any atom is -0.497 e. The highest BCUT2D eigenvalue weighted by atomic mass is 35.5. The van der Waals surface area contributed by atoms with Gasteiger partial charge in [-0.3, -0.25) is 4.90 Å². The van der Waals surface area contributed by atoms with Crippen LogP contribution < -0.4 is 9.64 Å². The van der Waals surface area contributed by atoms with Crippen molar-refractivity contribution >= 4 is 23.0 Å². The van der Waals surface area contributed by atoms with Crippen molar-refractivity contribution < 1.29 is 9.57 Å². The van der Waals surface area contributed by atoms with Crippen LogP contribution in [0.4, 0.5) is 5.69 Å². The van der Waals surface area contributed by atoms with E-state index in [1.54, 1.807) is 7.11 Å². The predicted octanol–water partition coefficient (Wildman–Crippen LogP) is 5.09. The molecule has 0 aliphatic carbocycles. The zero-order chi connectivity index (χ0) is 22.2. The summed E-state index contributed by atoms with van der Waals surface area (Å²) in [5.74, 6) is 0.884. The molecule has 0 N–H and O–H groups in total. The van der Waals surface area contributed by atoms with E-state index in [-0.39, 0.29) is 0 Å². The summed E-state index contributed by atoms with van der Waals surface area (Å²) in [7, 11) is 1.69. The number of hydrogen-bond donors (Lipinski definition) is 0. The van der Waals surface area contributed by atoms with Crippen molar-refractivity contribution in [3.63, 3.8) is 0 Å². The van der Waals surface area contributed by atoms with Crippen molar-refractivity contribution in [3.05, 3.63) is 95.0 Å². The van der Waals surface area contributed by atoms with Crippen LogP contribution in [0, 0.1) is 0 Å². The van der Waals surface area contributed by atoms with E-state index < -0.39 is 0 Å². The van der Waals surface area contributed by atoms with Gasteiger partial charge in [0, 0.05) is 49.0 Å². The molecule has 1 saturated heterocycles. The second-order valence-electron chi connectivity index (χ2n) is 7.77. The molecule has 0 bridgehead atoms. The predicted molar refractivity (Wildman–Crippen MR) is 131 cm³/mol. The van der Waals surface area contributed by atoms with E-state index in [1.165, 1.54) is 5.69 Å². The highest BCUT2D eigenvalue weighted by Crippen LogP contribution is 2.20. The fourth-order valence-corrected chi connectivity index (χ4v) is 3.86. The van der Waals surface area contributed by atoms with Gasteiger partial charge in [0.15, 0.2) is 0 Å². The van der Waals surface area contributed by atoms with Crippen LogP contribution in [0.25, 0.3) is 0 Å². The van der Waals surface area contributed by atoms with Crippen molar-refractivity contribution in [2.75, 3.05) is 44.7 Å². The topological polar surface area (TPSA) is 37.3 Å². The zero-order valence-corrected chi connectivity index (χ0v) is 19.0. The first-order valence-electron chi connectivity index (χ1n) is 10.8. The SMILES string of the molecule is COc1ccc(N2CCN(CC(=NOCc3ccc(Cl)cc3)c3ccccc3)CC2)cc1. The maximum Gasteiger partial charge on any atom is 0.142 e. The number of benzene rings is 3. The van der Waals surface area contributed by atoms with Crippen LogP contribution >= 0.6 is 11.6 Å².